The molecular formula is C18H35N3. The van der Waals surface area contributed by atoms with Gasteiger partial charge in [0.2, 0.25) is 0 Å². The average molecular weight is 293 g/mol. The molecule has 0 spiro atoms. The number of hydrogen-bond donors (Lipinski definition) is 1. The molecular weight excluding hydrogens is 258 g/mol. The van der Waals surface area contributed by atoms with Crippen LogP contribution in [0.1, 0.15) is 72.6 Å². The zero-order valence-electron chi connectivity index (χ0n) is 14.6. The van der Waals surface area contributed by atoms with Crippen LogP contribution in [-0.2, 0) is 0 Å². The van der Waals surface area contributed by atoms with Gasteiger partial charge in [0.25, 0.3) is 0 Å². The summed E-state index contributed by atoms with van der Waals surface area (Å²) in [5.41, 5.74) is -0.353. The highest BCUT2D eigenvalue weighted by Gasteiger charge is 2.25. The second kappa shape index (κ2) is 9.43. The molecule has 1 N–H and O–H groups in total. The Morgan fingerprint density at radius 3 is 2.48 bits per heavy atom. The molecule has 1 atom stereocenters. The lowest BCUT2D eigenvalue weighted by atomic mass is 9.97. The van der Waals surface area contributed by atoms with Crippen molar-refractivity contribution in [2.45, 2.75) is 84.2 Å². The highest BCUT2D eigenvalue weighted by atomic mass is 15.2. The summed E-state index contributed by atoms with van der Waals surface area (Å²) in [7, 11) is 0. The summed E-state index contributed by atoms with van der Waals surface area (Å²) in [6.45, 7) is 12.0. The molecule has 3 heteroatoms. The summed E-state index contributed by atoms with van der Waals surface area (Å²) in [6, 6.07) is 3.25. The highest BCUT2D eigenvalue weighted by molar-refractivity contribution is 5.03. The van der Waals surface area contributed by atoms with Gasteiger partial charge in [-0.1, -0.05) is 33.6 Å². The Morgan fingerprint density at radius 1 is 1.29 bits per heavy atom. The summed E-state index contributed by atoms with van der Waals surface area (Å²) >= 11 is 0. The number of rotatable bonds is 10. The van der Waals surface area contributed by atoms with E-state index in [4.69, 9.17) is 0 Å². The summed E-state index contributed by atoms with van der Waals surface area (Å²) in [5.74, 6) is 0.778. The van der Waals surface area contributed by atoms with E-state index >= 15 is 0 Å². The van der Waals surface area contributed by atoms with Gasteiger partial charge >= 0.3 is 0 Å². The van der Waals surface area contributed by atoms with Crippen molar-refractivity contribution in [2.24, 2.45) is 5.92 Å². The first-order valence-corrected chi connectivity index (χ1v) is 8.91. The van der Waals surface area contributed by atoms with Crippen LogP contribution in [0.2, 0.25) is 0 Å². The molecule has 0 heterocycles. The quantitative estimate of drug-likeness (QED) is 0.663. The maximum atomic E-state index is 9.34. The number of nitrogens with zero attached hydrogens (tertiary/aromatic N) is 2. The van der Waals surface area contributed by atoms with Crippen LogP contribution in [0, 0.1) is 17.2 Å². The molecule has 0 aromatic rings. The van der Waals surface area contributed by atoms with Crippen molar-refractivity contribution in [3.63, 3.8) is 0 Å². The van der Waals surface area contributed by atoms with Crippen molar-refractivity contribution in [3.05, 3.63) is 0 Å². The molecule has 0 radical (unpaired) electrons. The molecule has 1 unspecified atom stereocenters. The molecule has 21 heavy (non-hydrogen) atoms. The zero-order chi connectivity index (χ0) is 15.7. The van der Waals surface area contributed by atoms with E-state index in [2.05, 4.69) is 37.1 Å². The Labute approximate surface area is 132 Å². The van der Waals surface area contributed by atoms with E-state index in [9.17, 15) is 5.26 Å². The van der Waals surface area contributed by atoms with Crippen LogP contribution in [-0.4, -0.2) is 36.1 Å². The maximum Gasteiger partial charge on any atom is 0.103 e. The van der Waals surface area contributed by atoms with Crippen LogP contribution in [0.4, 0.5) is 0 Å². The number of nitriles is 1. The lowest BCUT2D eigenvalue weighted by molar-refractivity contribution is 0.180. The van der Waals surface area contributed by atoms with E-state index in [-0.39, 0.29) is 5.54 Å². The monoisotopic (exact) mass is 293 g/mol. The van der Waals surface area contributed by atoms with Crippen LogP contribution >= 0.6 is 0 Å². The molecule has 3 nitrogen and oxygen atoms in total. The Kier molecular flexibility index (Phi) is 8.29. The van der Waals surface area contributed by atoms with Crippen LogP contribution in [0.25, 0.3) is 0 Å². The summed E-state index contributed by atoms with van der Waals surface area (Å²) < 4.78 is 0. The van der Waals surface area contributed by atoms with Gasteiger partial charge in [-0.3, -0.25) is 5.32 Å². The van der Waals surface area contributed by atoms with Crippen molar-refractivity contribution in [3.8, 4) is 6.07 Å². The smallest absolute Gasteiger partial charge is 0.103 e. The lowest BCUT2D eigenvalue weighted by Gasteiger charge is -2.31. The van der Waals surface area contributed by atoms with Crippen LogP contribution in [0.15, 0.2) is 0 Å². The predicted molar refractivity (Wildman–Crippen MR) is 90.2 cm³/mol. The minimum Gasteiger partial charge on any atom is -0.300 e. The standard InChI is InChI=1S/C18H35N3/c1-5-20-18(4,15-19)12-8-13-21(14-11-16(2)3)17-9-6-7-10-17/h16-17,20H,5-14H2,1-4H3. The van der Waals surface area contributed by atoms with Gasteiger partial charge in [-0.05, 0) is 64.6 Å². The third kappa shape index (κ3) is 6.80. The van der Waals surface area contributed by atoms with E-state index in [1.54, 1.807) is 0 Å². The molecule has 0 saturated heterocycles. The van der Waals surface area contributed by atoms with Crippen LogP contribution in [0.3, 0.4) is 0 Å². The maximum absolute atomic E-state index is 9.34. The molecule has 122 valence electrons. The van der Waals surface area contributed by atoms with Gasteiger partial charge in [0.1, 0.15) is 5.54 Å². The van der Waals surface area contributed by atoms with Gasteiger partial charge in [-0.15, -0.1) is 0 Å². The Balaban J connectivity index is 2.43. The molecule has 0 bridgehead atoms. The molecule has 1 saturated carbocycles. The third-order valence-corrected chi connectivity index (χ3v) is 4.77. The lowest BCUT2D eigenvalue weighted by Crippen LogP contribution is -2.42. The first-order valence-electron chi connectivity index (χ1n) is 8.91. The molecule has 0 aromatic heterocycles. The third-order valence-electron chi connectivity index (χ3n) is 4.77. The van der Waals surface area contributed by atoms with Gasteiger partial charge in [0.15, 0.2) is 0 Å². The minimum atomic E-state index is -0.353. The summed E-state index contributed by atoms with van der Waals surface area (Å²) in [6.07, 6.45) is 8.90. The van der Waals surface area contributed by atoms with Gasteiger partial charge < -0.3 is 4.90 Å². The molecule has 0 aliphatic heterocycles. The van der Waals surface area contributed by atoms with E-state index in [0.717, 1.165) is 37.9 Å². The molecule has 1 aliphatic carbocycles. The fraction of sp³-hybridized carbons (Fsp3) is 0.944. The molecule has 1 rings (SSSR count). The normalized spacial score (nSPS) is 19.1. The Bertz CT molecular complexity index is 315. The van der Waals surface area contributed by atoms with Gasteiger partial charge in [-0.2, -0.15) is 5.26 Å². The van der Waals surface area contributed by atoms with Crippen LogP contribution in [0.5, 0.6) is 0 Å². The van der Waals surface area contributed by atoms with Gasteiger partial charge in [-0.25, -0.2) is 0 Å². The van der Waals surface area contributed by atoms with Crippen molar-refractivity contribution >= 4 is 0 Å². The van der Waals surface area contributed by atoms with E-state index < -0.39 is 0 Å². The first-order chi connectivity index (χ1) is 10.0. The largest absolute Gasteiger partial charge is 0.300 e. The Morgan fingerprint density at radius 2 is 1.95 bits per heavy atom. The number of hydrogen-bond acceptors (Lipinski definition) is 3. The average Bonchev–Trinajstić information content (AvgIpc) is 2.96. The fourth-order valence-electron chi connectivity index (χ4n) is 3.38. The van der Waals surface area contributed by atoms with Crippen molar-refractivity contribution in [2.75, 3.05) is 19.6 Å². The van der Waals surface area contributed by atoms with Gasteiger partial charge in [0.05, 0.1) is 6.07 Å². The molecule has 0 aromatic carbocycles. The SMILES string of the molecule is CCNC(C)(C#N)CCCN(CCC(C)C)C1CCCC1. The highest BCUT2D eigenvalue weighted by Crippen LogP contribution is 2.25. The second-order valence-electron chi connectivity index (χ2n) is 7.23. The second-order valence-corrected chi connectivity index (χ2v) is 7.23. The summed E-state index contributed by atoms with van der Waals surface area (Å²) in [4.78, 5) is 2.71. The van der Waals surface area contributed by atoms with E-state index in [1.165, 1.54) is 38.6 Å². The van der Waals surface area contributed by atoms with Crippen molar-refractivity contribution in [1.82, 2.24) is 10.2 Å². The van der Waals surface area contributed by atoms with Gasteiger partial charge in [0, 0.05) is 6.04 Å². The fourth-order valence-corrected chi connectivity index (χ4v) is 3.38. The van der Waals surface area contributed by atoms with E-state index in [0.29, 0.717) is 0 Å². The Hall–Kier alpha value is -0.590. The topological polar surface area (TPSA) is 39.1 Å². The van der Waals surface area contributed by atoms with Crippen LogP contribution < -0.4 is 5.32 Å². The molecule has 1 fully saturated rings. The van der Waals surface area contributed by atoms with Crippen molar-refractivity contribution in [1.29, 1.82) is 5.26 Å². The summed E-state index contributed by atoms with van der Waals surface area (Å²) in [5, 5.41) is 12.7. The molecule has 0 amide bonds. The number of nitrogens with one attached hydrogen (secondary N) is 1. The molecule has 1 aliphatic rings. The zero-order valence-corrected chi connectivity index (χ0v) is 14.6. The minimum absolute atomic E-state index is 0.353. The predicted octanol–water partition coefficient (Wildman–Crippen LogP) is 3.95. The van der Waals surface area contributed by atoms with Crippen molar-refractivity contribution < 1.29 is 0 Å². The van der Waals surface area contributed by atoms with E-state index in [1.807, 2.05) is 6.92 Å². The first kappa shape index (κ1) is 18.5.